The average Bonchev–Trinajstić information content (AvgIpc) is 2.84. The number of likely N-dealkylation sites (tertiary alicyclic amines) is 1. The number of nitrogens with one attached hydrogen (secondary N) is 1. The Bertz CT molecular complexity index is 1050. The zero-order valence-corrected chi connectivity index (χ0v) is 17.4. The second-order valence-electron chi connectivity index (χ2n) is 8.23. The van der Waals surface area contributed by atoms with Gasteiger partial charge in [-0.25, -0.2) is 24.7 Å². The average molecular weight is 419 g/mol. The molecule has 0 radical (unpaired) electrons. The number of hydrogen-bond donors (Lipinski definition) is 1. The Hall–Kier alpha value is -3.13. The molecule has 1 N–H and O–H groups in total. The summed E-state index contributed by atoms with van der Waals surface area (Å²) in [5.74, 6) is 0.348. The van der Waals surface area contributed by atoms with Crippen LogP contribution in [-0.4, -0.2) is 63.2 Å². The van der Waals surface area contributed by atoms with Crippen LogP contribution in [0.15, 0.2) is 43.1 Å². The van der Waals surface area contributed by atoms with Crippen LogP contribution in [0.5, 0.6) is 0 Å². The van der Waals surface area contributed by atoms with Gasteiger partial charge in [0.2, 0.25) is 0 Å². The quantitative estimate of drug-likeness (QED) is 0.702. The number of hydrogen-bond acceptors (Lipinski definition) is 6. The molecule has 0 atom stereocenters. The Morgan fingerprint density at radius 2 is 1.77 bits per heavy atom. The molecule has 31 heavy (non-hydrogen) atoms. The van der Waals surface area contributed by atoms with Crippen LogP contribution >= 0.6 is 0 Å². The molecule has 5 rings (SSSR count). The van der Waals surface area contributed by atoms with Gasteiger partial charge in [-0.3, -0.25) is 0 Å². The fraction of sp³-hybridized carbons (Fsp3) is 0.435. The molecule has 0 aromatic carbocycles. The largest absolute Gasteiger partial charge is 0.381 e. The molecule has 0 saturated carbocycles. The molecule has 5 heterocycles. The monoisotopic (exact) mass is 418 g/mol. The molecule has 0 spiro atoms. The van der Waals surface area contributed by atoms with Gasteiger partial charge >= 0.3 is 6.03 Å². The molecule has 0 aliphatic carbocycles. The van der Waals surface area contributed by atoms with Gasteiger partial charge in [0.25, 0.3) is 0 Å². The number of piperidine rings is 1. The van der Waals surface area contributed by atoms with Crippen molar-refractivity contribution >= 4 is 17.1 Å². The van der Waals surface area contributed by atoms with Gasteiger partial charge in [-0.2, -0.15) is 0 Å². The number of urea groups is 1. The minimum absolute atomic E-state index is 0.0518. The number of nitrogens with zero attached hydrogens (tertiary/aromatic N) is 5. The normalized spacial score (nSPS) is 18.3. The summed E-state index contributed by atoms with van der Waals surface area (Å²) in [4.78, 5) is 32.0. The first-order valence-electron chi connectivity index (χ1n) is 10.9. The number of carbonyl (C=O) groups excluding carboxylic acids is 1. The van der Waals surface area contributed by atoms with E-state index < -0.39 is 0 Å². The summed E-state index contributed by atoms with van der Waals surface area (Å²) in [5, 5.41) is 4.16. The van der Waals surface area contributed by atoms with Gasteiger partial charge in [0.1, 0.15) is 6.33 Å². The predicted octanol–water partition coefficient (Wildman–Crippen LogP) is 3.15. The van der Waals surface area contributed by atoms with Crippen LogP contribution in [0.25, 0.3) is 22.2 Å². The van der Waals surface area contributed by atoms with E-state index >= 15 is 0 Å². The number of fused-ring (bicyclic) bond motifs is 1. The van der Waals surface area contributed by atoms with E-state index in [0.29, 0.717) is 5.92 Å². The van der Waals surface area contributed by atoms with E-state index in [1.807, 2.05) is 11.1 Å². The molecule has 160 valence electrons. The summed E-state index contributed by atoms with van der Waals surface area (Å²) < 4.78 is 5.37. The molecule has 0 unspecified atom stereocenters. The Labute approximate surface area is 181 Å². The van der Waals surface area contributed by atoms with E-state index in [1.54, 1.807) is 12.4 Å². The highest BCUT2D eigenvalue weighted by molar-refractivity contribution is 5.80. The molecule has 2 saturated heterocycles. The lowest BCUT2D eigenvalue weighted by molar-refractivity contribution is 0.0775. The van der Waals surface area contributed by atoms with Crippen LogP contribution in [-0.2, 0) is 4.74 Å². The Morgan fingerprint density at radius 1 is 1.00 bits per heavy atom. The second-order valence-corrected chi connectivity index (χ2v) is 8.23. The highest BCUT2D eigenvalue weighted by Crippen LogP contribution is 2.29. The molecular weight excluding hydrogens is 392 g/mol. The number of carbonyl (C=O) groups is 1. The van der Waals surface area contributed by atoms with Crippen molar-refractivity contribution in [2.24, 2.45) is 0 Å². The lowest BCUT2D eigenvalue weighted by atomic mass is 9.93. The first-order valence-corrected chi connectivity index (χ1v) is 10.9. The molecule has 2 amide bonds. The highest BCUT2D eigenvalue weighted by Gasteiger charge is 2.26. The van der Waals surface area contributed by atoms with Crippen molar-refractivity contribution in [3.63, 3.8) is 0 Å². The van der Waals surface area contributed by atoms with Gasteiger partial charge in [0, 0.05) is 79.1 Å². The molecule has 2 fully saturated rings. The van der Waals surface area contributed by atoms with Crippen molar-refractivity contribution in [2.75, 3.05) is 26.3 Å². The van der Waals surface area contributed by atoms with E-state index in [2.05, 4.69) is 38.5 Å². The van der Waals surface area contributed by atoms with Crippen molar-refractivity contribution in [1.29, 1.82) is 0 Å². The second kappa shape index (κ2) is 8.93. The van der Waals surface area contributed by atoms with E-state index in [0.717, 1.165) is 79.8 Å². The number of ether oxygens (including phenoxy) is 1. The number of amides is 2. The molecule has 2 aliphatic heterocycles. The standard InChI is InChI=1S/C23H26N6O2/c30-23(27-20-5-9-31-10-6-20)29-7-3-16(4-8-29)21-2-1-17-11-18(14-26-22(17)28-21)19-12-24-15-25-13-19/h1-2,11-16,20H,3-10H2,(H,27,30). The number of aromatic nitrogens is 4. The van der Waals surface area contributed by atoms with Crippen LogP contribution in [0.2, 0.25) is 0 Å². The van der Waals surface area contributed by atoms with Crippen molar-refractivity contribution in [1.82, 2.24) is 30.2 Å². The van der Waals surface area contributed by atoms with Gasteiger partial charge in [0.15, 0.2) is 5.65 Å². The summed E-state index contributed by atoms with van der Waals surface area (Å²) in [5.41, 5.74) is 3.72. The van der Waals surface area contributed by atoms with Gasteiger partial charge in [-0.1, -0.05) is 0 Å². The third-order valence-corrected chi connectivity index (χ3v) is 6.21. The van der Waals surface area contributed by atoms with E-state index in [1.165, 1.54) is 6.33 Å². The van der Waals surface area contributed by atoms with E-state index in [-0.39, 0.29) is 12.1 Å². The summed E-state index contributed by atoms with van der Waals surface area (Å²) in [7, 11) is 0. The van der Waals surface area contributed by atoms with Gasteiger partial charge < -0.3 is 15.0 Å². The molecule has 3 aromatic heterocycles. The minimum Gasteiger partial charge on any atom is -0.381 e. The predicted molar refractivity (Wildman–Crippen MR) is 116 cm³/mol. The Kier molecular flexibility index (Phi) is 5.71. The lowest BCUT2D eigenvalue weighted by Gasteiger charge is -2.33. The van der Waals surface area contributed by atoms with Gasteiger partial charge in [-0.15, -0.1) is 0 Å². The van der Waals surface area contributed by atoms with Crippen molar-refractivity contribution < 1.29 is 9.53 Å². The third-order valence-electron chi connectivity index (χ3n) is 6.21. The zero-order chi connectivity index (χ0) is 21.0. The molecule has 0 bridgehead atoms. The van der Waals surface area contributed by atoms with Crippen LogP contribution in [0, 0.1) is 0 Å². The maximum Gasteiger partial charge on any atom is 0.317 e. The van der Waals surface area contributed by atoms with Crippen molar-refractivity contribution in [3.8, 4) is 11.1 Å². The molecule has 8 heteroatoms. The molecular formula is C23H26N6O2. The summed E-state index contributed by atoms with van der Waals surface area (Å²) in [6, 6.07) is 6.54. The zero-order valence-electron chi connectivity index (χ0n) is 17.4. The Balaban J connectivity index is 1.23. The first-order chi connectivity index (χ1) is 15.3. The SMILES string of the molecule is O=C(NC1CCOCC1)N1CCC(c2ccc3cc(-c4cncnc4)cnc3n2)CC1. The van der Waals surface area contributed by atoms with Crippen LogP contribution in [0.1, 0.15) is 37.3 Å². The first kappa shape index (κ1) is 19.8. The number of pyridine rings is 2. The maximum absolute atomic E-state index is 12.6. The highest BCUT2D eigenvalue weighted by atomic mass is 16.5. The lowest BCUT2D eigenvalue weighted by Crippen LogP contribution is -2.49. The van der Waals surface area contributed by atoms with Crippen molar-refractivity contribution in [2.45, 2.75) is 37.6 Å². The number of rotatable bonds is 3. The fourth-order valence-electron chi connectivity index (χ4n) is 4.34. The van der Waals surface area contributed by atoms with Gasteiger partial charge in [0.05, 0.1) is 0 Å². The van der Waals surface area contributed by atoms with Crippen LogP contribution < -0.4 is 5.32 Å². The smallest absolute Gasteiger partial charge is 0.317 e. The minimum atomic E-state index is 0.0518. The molecule has 3 aromatic rings. The third kappa shape index (κ3) is 4.49. The summed E-state index contributed by atoms with van der Waals surface area (Å²) in [6.45, 7) is 2.96. The summed E-state index contributed by atoms with van der Waals surface area (Å²) >= 11 is 0. The van der Waals surface area contributed by atoms with E-state index in [4.69, 9.17) is 9.72 Å². The van der Waals surface area contributed by atoms with E-state index in [9.17, 15) is 4.79 Å². The topological polar surface area (TPSA) is 93.1 Å². The Morgan fingerprint density at radius 3 is 2.55 bits per heavy atom. The fourth-order valence-corrected chi connectivity index (χ4v) is 4.34. The van der Waals surface area contributed by atoms with Gasteiger partial charge in [-0.05, 0) is 43.9 Å². The van der Waals surface area contributed by atoms with Crippen LogP contribution in [0.4, 0.5) is 4.79 Å². The summed E-state index contributed by atoms with van der Waals surface area (Å²) in [6.07, 6.45) is 10.5. The molecule has 8 nitrogen and oxygen atoms in total. The van der Waals surface area contributed by atoms with Crippen LogP contribution in [0.3, 0.4) is 0 Å². The van der Waals surface area contributed by atoms with Crippen molar-refractivity contribution in [3.05, 3.63) is 48.8 Å². The maximum atomic E-state index is 12.6. The molecule has 2 aliphatic rings.